The first-order chi connectivity index (χ1) is 16.0. The first kappa shape index (κ1) is 24.5. The van der Waals surface area contributed by atoms with Gasteiger partial charge in [-0.1, -0.05) is 36.9 Å². The van der Waals surface area contributed by atoms with Crippen LogP contribution in [0.15, 0.2) is 22.7 Å². The molecular weight excluding hydrogens is 424 g/mol. The van der Waals surface area contributed by atoms with E-state index in [1.807, 2.05) is 18.2 Å². The second kappa shape index (κ2) is 11.7. The van der Waals surface area contributed by atoms with E-state index in [2.05, 4.69) is 20.8 Å². The highest BCUT2D eigenvalue weighted by Gasteiger charge is 2.38. The van der Waals surface area contributed by atoms with Crippen molar-refractivity contribution in [1.29, 1.82) is 0 Å². The van der Waals surface area contributed by atoms with Crippen LogP contribution < -0.4 is 20.1 Å². The molecule has 0 bridgehead atoms. The van der Waals surface area contributed by atoms with Gasteiger partial charge in [0, 0.05) is 26.3 Å². The molecule has 1 aliphatic carbocycles. The maximum absolute atomic E-state index is 12.3. The maximum Gasteiger partial charge on any atom is 0.227 e. The number of nitrogens with zero attached hydrogens (tertiary/aromatic N) is 2. The Labute approximate surface area is 194 Å². The summed E-state index contributed by atoms with van der Waals surface area (Å²) in [6.07, 6.45) is 7.15. The summed E-state index contributed by atoms with van der Waals surface area (Å²) in [5.74, 6) is 2.09. The fraction of sp³-hybridized carbons (Fsp3) is 0.583. The molecule has 0 saturated heterocycles. The van der Waals surface area contributed by atoms with Crippen LogP contribution in [-0.2, 0) is 28.0 Å². The first-order valence-electron chi connectivity index (χ1n) is 11.5. The van der Waals surface area contributed by atoms with E-state index in [0.717, 1.165) is 44.1 Å². The molecule has 1 aliphatic rings. The van der Waals surface area contributed by atoms with Crippen LogP contribution in [0, 0.1) is 0 Å². The number of methoxy groups -OCH3 is 2. The van der Waals surface area contributed by atoms with E-state index in [0.29, 0.717) is 42.6 Å². The van der Waals surface area contributed by atoms with Gasteiger partial charge in [-0.15, -0.1) is 0 Å². The number of aryl methyl sites for hydroxylation is 1. The molecule has 180 valence electrons. The Morgan fingerprint density at radius 1 is 1.06 bits per heavy atom. The summed E-state index contributed by atoms with van der Waals surface area (Å²) in [4.78, 5) is 28.7. The van der Waals surface area contributed by atoms with Crippen LogP contribution in [0.1, 0.15) is 69.1 Å². The molecule has 9 nitrogen and oxygen atoms in total. The molecule has 1 aromatic carbocycles. The summed E-state index contributed by atoms with van der Waals surface area (Å²) in [5, 5.41) is 10.2. The minimum atomic E-state index is -0.578. The predicted octanol–water partition coefficient (Wildman–Crippen LogP) is 3.06. The minimum Gasteiger partial charge on any atom is -0.493 e. The van der Waals surface area contributed by atoms with Crippen molar-refractivity contribution in [3.8, 4) is 11.5 Å². The first-order valence-corrected chi connectivity index (χ1v) is 11.5. The van der Waals surface area contributed by atoms with Gasteiger partial charge in [-0.2, -0.15) is 4.98 Å². The van der Waals surface area contributed by atoms with Crippen molar-refractivity contribution in [2.24, 2.45) is 0 Å². The second-order valence-corrected chi connectivity index (χ2v) is 8.48. The number of hydrogen-bond acceptors (Lipinski definition) is 7. The molecule has 2 amide bonds. The number of aromatic nitrogens is 2. The van der Waals surface area contributed by atoms with Crippen molar-refractivity contribution >= 4 is 11.8 Å². The van der Waals surface area contributed by atoms with Crippen LogP contribution in [0.5, 0.6) is 11.5 Å². The van der Waals surface area contributed by atoms with Gasteiger partial charge in [0.2, 0.25) is 17.7 Å². The molecule has 1 aromatic heterocycles. The molecule has 9 heteroatoms. The number of ether oxygens (including phenoxy) is 2. The molecule has 0 unspecified atom stereocenters. The number of carbonyl (C=O) groups is 2. The van der Waals surface area contributed by atoms with Gasteiger partial charge in [-0.05, 0) is 37.0 Å². The lowest BCUT2D eigenvalue weighted by atomic mass is 9.89. The normalized spacial score (nSPS) is 15.4. The Kier molecular flexibility index (Phi) is 8.68. The Balaban J connectivity index is 1.50. The van der Waals surface area contributed by atoms with Crippen molar-refractivity contribution in [2.75, 3.05) is 20.8 Å². The Morgan fingerprint density at radius 2 is 1.79 bits per heavy atom. The monoisotopic (exact) mass is 458 g/mol. The summed E-state index contributed by atoms with van der Waals surface area (Å²) in [7, 11) is 3.19. The standard InChI is InChI=1S/C24H34N4O5/c1-17(29)27-24(13-6-4-5-7-14-24)23-26-22(33-28-23)11-10-21(30)25-15-12-18-8-9-19(31-2)20(16-18)32-3/h8-9,16H,4-7,10-15H2,1-3H3,(H,25,30)(H,27,29). The van der Waals surface area contributed by atoms with Gasteiger partial charge in [0.25, 0.3) is 0 Å². The average Bonchev–Trinajstić information content (AvgIpc) is 3.17. The zero-order chi connectivity index (χ0) is 23.7. The lowest BCUT2D eigenvalue weighted by molar-refractivity contribution is -0.122. The minimum absolute atomic E-state index is 0.0822. The van der Waals surface area contributed by atoms with Crippen LogP contribution in [0.25, 0.3) is 0 Å². The molecule has 0 atom stereocenters. The molecule has 2 aromatic rings. The second-order valence-electron chi connectivity index (χ2n) is 8.48. The molecule has 0 spiro atoms. The molecule has 1 saturated carbocycles. The predicted molar refractivity (Wildman–Crippen MR) is 122 cm³/mol. The van der Waals surface area contributed by atoms with E-state index in [1.165, 1.54) is 6.92 Å². The van der Waals surface area contributed by atoms with E-state index in [1.54, 1.807) is 14.2 Å². The van der Waals surface area contributed by atoms with Crippen LogP contribution in [0.4, 0.5) is 0 Å². The highest BCUT2D eigenvalue weighted by molar-refractivity contribution is 5.76. The fourth-order valence-corrected chi connectivity index (χ4v) is 4.32. The average molecular weight is 459 g/mol. The van der Waals surface area contributed by atoms with Gasteiger partial charge in [-0.25, -0.2) is 0 Å². The van der Waals surface area contributed by atoms with Crippen LogP contribution in [0.2, 0.25) is 0 Å². The lowest BCUT2D eigenvalue weighted by Crippen LogP contribution is -2.45. The number of hydrogen-bond donors (Lipinski definition) is 2. The van der Waals surface area contributed by atoms with Crippen molar-refractivity contribution in [2.45, 2.75) is 70.3 Å². The van der Waals surface area contributed by atoms with Gasteiger partial charge >= 0.3 is 0 Å². The largest absolute Gasteiger partial charge is 0.493 e. The zero-order valence-corrected chi connectivity index (χ0v) is 19.7. The summed E-state index contributed by atoms with van der Waals surface area (Å²) in [5.41, 5.74) is 0.465. The summed E-state index contributed by atoms with van der Waals surface area (Å²) >= 11 is 0. The van der Waals surface area contributed by atoms with Gasteiger partial charge < -0.3 is 24.6 Å². The SMILES string of the molecule is COc1ccc(CCNC(=O)CCc2nc(C3(NC(C)=O)CCCCCC3)no2)cc1OC. The highest BCUT2D eigenvalue weighted by Crippen LogP contribution is 2.34. The third-order valence-corrected chi connectivity index (χ3v) is 6.02. The third-order valence-electron chi connectivity index (χ3n) is 6.02. The summed E-state index contributed by atoms with van der Waals surface area (Å²) < 4.78 is 16.0. The lowest BCUT2D eigenvalue weighted by Gasteiger charge is -2.30. The van der Waals surface area contributed by atoms with Crippen molar-refractivity contribution in [3.63, 3.8) is 0 Å². The molecule has 1 heterocycles. The number of benzene rings is 1. The molecular formula is C24H34N4O5. The Morgan fingerprint density at radius 3 is 2.45 bits per heavy atom. The smallest absolute Gasteiger partial charge is 0.227 e. The third kappa shape index (κ3) is 6.69. The van der Waals surface area contributed by atoms with Crippen LogP contribution >= 0.6 is 0 Å². The van der Waals surface area contributed by atoms with Crippen molar-refractivity contribution < 1.29 is 23.6 Å². The molecule has 33 heavy (non-hydrogen) atoms. The topological polar surface area (TPSA) is 116 Å². The van der Waals surface area contributed by atoms with Gasteiger partial charge in [-0.3, -0.25) is 9.59 Å². The van der Waals surface area contributed by atoms with Crippen molar-refractivity contribution in [3.05, 3.63) is 35.5 Å². The zero-order valence-electron chi connectivity index (χ0n) is 19.7. The number of amides is 2. The van der Waals surface area contributed by atoms with Gasteiger partial charge in [0.1, 0.15) is 5.54 Å². The fourth-order valence-electron chi connectivity index (χ4n) is 4.32. The number of rotatable bonds is 10. The van der Waals surface area contributed by atoms with E-state index >= 15 is 0 Å². The number of nitrogens with one attached hydrogen (secondary N) is 2. The van der Waals surface area contributed by atoms with Gasteiger partial charge in [0.15, 0.2) is 17.3 Å². The molecule has 2 N–H and O–H groups in total. The van der Waals surface area contributed by atoms with E-state index < -0.39 is 5.54 Å². The molecule has 0 aliphatic heterocycles. The summed E-state index contributed by atoms with van der Waals surface area (Å²) in [6.45, 7) is 2.02. The highest BCUT2D eigenvalue weighted by atomic mass is 16.5. The van der Waals surface area contributed by atoms with E-state index in [-0.39, 0.29) is 18.2 Å². The van der Waals surface area contributed by atoms with E-state index in [4.69, 9.17) is 14.0 Å². The molecule has 1 fully saturated rings. The molecule has 0 radical (unpaired) electrons. The van der Waals surface area contributed by atoms with Crippen LogP contribution in [-0.4, -0.2) is 42.7 Å². The number of carbonyl (C=O) groups excluding carboxylic acids is 2. The van der Waals surface area contributed by atoms with E-state index in [9.17, 15) is 9.59 Å². The quantitative estimate of drug-likeness (QED) is 0.526. The van der Waals surface area contributed by atoms with Crippen molar-refractivity contribution in [1.82, 2.24) is 20.8 Å². The van der Waals surface area contributed by atoms with Crippen LogP contribution in [0.3, 0.4) is 0 Å². The van der Waals surface area contributed by atoms with Gasteiger partial charge in [0.05, 0.1) is 14.2 Å². The molecule has 3 rings (SSSR count). The Bertz CT molecular complexity index is 935. The summed E-state index contributed by atoms with van der Waals surface area (Å²) in [6, 6.07) is 5.71. The Hall–Kier alpha value is -3.10. The maximum atomic E-state index is 12.3.